The summed E-state index contributed by atoms with van der Waals surface area (Å²) in [6.07, 6.45) is 0. The van der Waals surface area contributed by atoms with E-state index in [1.807, 2.05) is 6.92 Å². The highest BCUT2D eigenvalue weighted by Crippen LogP contribution is 2.07. The first-order valence-electron chi connectivity index (χ1n) is 5.94. The monoisotopic (exact) mass is 232 g/mol. The van der Waals surface area contributed by atoms with Gasteiger partial charge in [0.25, 0.3) is 0 Å². The molecule has 2 unspecified atom stereocenters. The van der Waals surface area contributed by atoms with Gasteiger partial charge in [-0.25, -0.2) is 0 Å². The quantitative estimate of drug-likeness (QED) is 0.757. The van der Waals surface area contributed by atoms with Crippen molar-refractivity contribution in [3.63, 3.8) is 0 Å². The van der Waals surface area contributed by atoms with E-state index in [1.54, 1.807) is 0 Å². The van der Waals surface area contributed by atoms with Crippen LogP contribution in [0, 0.1) is 5.92 Å². The number of nitrogens with one attached hydrogen (secondary N) is 1. The lowest BCUT2D eigenvalue weighted by molar-refractivity contribution is 0.183. The fourth-order valence-corrected chi connectivity index (χ4v) is 2.62. The SMILES string of the molecule is CCS(=O)CCN1CCNC(C(C)C)C1. The third-order valence-electron chi connectivity index (χ3n) is 3.05. The van der Waals surface area contributed by atoms with Crippen molar-refractivity contribution in [2.24, 2.45) is 5.92 Å². The number of rotatable bonds is 5. The van der Waals surface area contributed by atoms with Gasteiger partial charge in [0, 0.05) is 54.5 Å². The lowest BCUT2D eigenvalue weighted by Crippen LogP contribution is -2.53. The summed E-state index contributed by atoms with van der Waals surface area (Å²) < 4.78 is 11.3. The molecule has 0 aromatic carbocycles. The Balaban J connectivity index is 2.27. The summed E-state index contributed by atoms with van der Waals surface area (Å²) in [5, 5.41) is 3.53. The zero-order valence-corrected chi connectivity index (χ0v) is 11.0. The standard InChI is InChI=1S/C11H24N2OS/c1-4-15(14)8-7-13-6-5-12-11(9-13)10(2)3/h10-12H,4-9H2,1-3H3. The van der Waals surface area contributed by atoms with Gasteiger partial charge in [-0.2, -0.15) is 0 Å². The van der Waals surface area contributed by atoms with E-state index in [0.717, 1.165) is 37.7 Å². The topological polar surface area (TPSA) is 32.3 Å². The van der Waals surface area contributed by atoms with E-state index in [0.29, 0.717) is 12.0 Å². The molecule has 0 bridgehead atoms. The van der Waals surface area contributed by atoms with E-state index in [1.165, 1.54) is 0 Å². The van der Waals surface area contributed by atoms with Crippen LogP contribution in [0.2, 0.25) is 0 Å². The van der Waals surface area contributed by atoms with Gasteiger partial charge in [0.2, 0.25) is 0 Å². The molecule has 0 aromatic heterocycles. The molecule has 3 nitrogen and oxygen atoms in total. The summed E-state index contributed by atoms with van der Waals surface area (Å²) in [6.45, 7) is 10.8. The Kier molecular flexibility index (Phi) is 5.79. The molecular formula is C11H24N2OS. The molecule has 1 saturated heterocycles. The van der Waals surface area contributed by atoms with Gasteiger partial charge >= 0.3 is 0 Å². The van der Waals surface area contributed by atoms with Crippen molar-refractivity contribution < 1.29 is 4.21 Å². The average Bonchev–Trinajstić information content (AvgIpc) is 2.26. The van der Waals surface area contributed by atoms with Crippen LogP contribution in [0.3, 0.4) is 0 Å². The van der Waals surface area contributed by atoms with Crippen LogP contribution in [0.5, 0.6) is 0 Å². The summed E-state index contributed by atoms with van der Waals surface area (Å²) in [5.41, 5.74) is 0. The Bertz CT molecular complexity index is 209. The maximum absolute atomic E-state index is 11.3. The predicted molar refractivity (Wildman–Crippen MR) is 66.6 cm³/mol. The van der Waals surface area contributed by atoms with Crippen LogP contribution >= 0.6 is 0 Å². The molecule has 1 aliphatic rings. The third kappa shape index (κ3) is 4.62. The lowest BCUT2D eigenvalue weighted by Gasteiger charge is -2.35. The smallest absolute Gasteiger partial charge is 0.0362 e. The second-order valence-electron chi connectivity index (χ2n) is 4.54. The van der Waals surface area contributed by atoms with Gasteiger partial charge in [-0.05, 0) is 5.92 Å². The van der Waals surface area contributed by atoms with E-state index in [4.69, 9.17) is 0 Å². The van der Waals surface area contributed by atoms with Crippen molar-refractivity contribution in [3.05, 3.63) is 0 Å². The highest BCUT2D eigenvalue weighted by Gasteiger charge is 2.21. The lowest BCUT2D eigenvalue weighted by atomic mass is 10.0. The Morgan fingerprint density at radius 3 is 2.87 bits per heavy atom. The first-order chi connectivity index (χ1) is 7.13. The molecule has 0 radical (unpaired) electrons. The summed E-state index contributed by atoms with van der Waals surface area (Å²) in [6, 6.07) is 0.605. The first kappa shape index (κ1) is 13.1. The van der Waals surface area contributed by atoms with Gasteiger partial charge in [0.1, 0.15) is 0 Å². The van der Waals surface area contributed by atoms with Gasteiger partial charge in [-0.15, -0.1) is 0 Å². The third-order valence-corrected chi connectivity index (χ3v) is 4.33. The molecule has 0 aromatic rings. The molecular weight excluding hydrogens is 208 g/mol. The van der Waals surface area contributed by atoms with Crippen LogP contribution in [0.25, 0.3) is 0 Å². The summed E-state index contributed by atoms with van der Waals surface area (Å²) >= 11 is 0. The van der Waals surface area contributed by atoms with E-state index in [-0.39, 0.29) is 0 Å². The average molecular weight is 232 g/mol. The van der Waals surface area contributed by atoms with Crippen molar-refractivity contribution >= 4 is 10.8 Å². The number of nitrogens with zero attached hydrogens (tertiary/aromatic N) is 1. The molecule has 0 saturated carbocycles. The van der Waals surface area contributed by atoms with Crippen molar-refractivity contribution in [3.8, 4) is 0 Å². The molecule has 0 amide bonds. The minimum absolute atomic E-state index is 0.605. The van der Waals surface area contributed by atoms with Gasteiger partial charge in [0.05, 0.1) is 0 Å². The molecule has 1 heterocycles. The molecule has 90 valence electrons. The second kappa shape index (κ2) is 6.61. The maximum atomic E-state index is 11.3. The first-order valence-corrected chi connectivity index (χ1v) is 7.43. The second-order valence-corrected chi connectivity index (χ2v) is 6.40. The van der Waals surface area contributed by atoms with Crippen LogP contribution in [0.15, 0.2) is 0 Å². The zero-order valence-electron chi connectivity index (χ0n) is 10.2. The Hall–Kier alpha value is 0.0700. The van der Waals surface area contributed by atoms with Crippen LogP contribution in [0.4, 0.5) is 0 Å². The summed E-state index contributed by atoms with van der Waals surface area (Å²) in [5.74, 6) is 2.31. The van der Waals surface area contributed by atoms with Crippen molar-refractivity contribution in [2.45, 2.75) is 26.8 Å². The zero-order chi connectivity index (χ0) is 11.3. The van der Waals surface area contributed by atoms with E-state index >= 15 is 0 Å². The van der Waals surface area contributed by atoms with Gasteiger partial charge in [-0.1, -0.05) is 20.8 Å². The highest BCUT2D eigenvalue weighted by atomic mass is 32.2. The molecule has 1 rings (SSSR count). The molecule has 1 aliphatic heterocycles. The molecule has 0 aliphatic carbocycles. The summed E-state index contributed by atoms with van der Waals surface area (Å²) in [4.78, 5) is 2.44. The molecule has 0 spiro atoms. The van der Waals surface area contributed by atoms with Gasteiger partial charge < -0.3 is 5.32 Å². The van der Waals surface area contributed by atoms with Crippen LogP contribution in [-0.2, 0) is 10.8 Å². The Morgan fingerprint density at radius 1 is 1.53 bits per heavy atom. The van der Waals surface area contributed by atoms with Crippen molar-refractivity contribution in [1.29, 1.82) is 0 Å². The normalized spacial score (nSPS) is 25.7. The van der Waals surface area contributed by atoms with E-state index in [2.05, 4.69) is 24.1 Å². The predicted octanol–water partition coefficient (Wildman–Crippen LogP) is 0.685. The molecule has 2 atom stereocenters. The van der Waals surface area contributed by atoms with Gasteiger partial charge in [-0.3, -0.25) is 9.11 Å². The number of piperazine rings is 1. The maximum Gasteiger partial charge on any atom is 0.0362 e. The fourth-order valence-electron chi connectivity index (χ4n) is 1.87. The minimum Gasteiger partial charge on any atom is -0.311 e. The highest BCUT2D eigenvalue weighted by molar-refractivity contribution is 7.84. The number of hydrogen-bond acceptors (Lipinski definition) is 3. The largest absolute Gasteiger partial charge is 0.311 e. The van der Waals surface area contributed by atoms with Crippen LogP contribution in [0.1, 0.15) is 20.8 Å². The van der Waals surface area contributed by atoms with Crippen molar-refractivity contribution in [1.82, 2.24) is 10.2 Å². The Morgan fingerprint density at radius 2 is 2.27 bits per heavy atom. The van der Waals surface area contributed by atoms with E-state index in [9.17, 15) is 4.21 Å². The van der Waals surface area contributed by atoms with E-state index < -0.39 is 10.8 Å². The van der Waals surface area contributed by atoms with Crippen LogP contribution in [-0.4, -0.2) is 52.8 Å². The molecule has 15 heavy (non-hydrogen) atoms. The van der Waals surface area contributed by atoms with Crippen LogP contribution < -0.4 is 5.32 Å². The fraction of sp³-hybridized carbons (Fsp3) is 1.00. The molecule has 1 fully saturated rings. The van der Waals surface area contributed by atoms with Gasteiger partial charge in [0.15, 0.2) is 0 Å². The summed E-state index contributed by atoms with van der Waals surface area (Å²) in [7, 11) is -0.613. The number of hydrogen-bond donors (Lipinski definition) is 1. The minimum atomic E-state index is -0.613. The Labute approximate surface area is 96.1 Å². The van der Waals surface area contributed by atoms with Crippen molar-refractivity contribution in [2.75, 3.05) is 37.7 Å². The molecule has 4 heteroatoms. The molecule has 1 N–H and O–H groups in total.